The highest BCUT2D eigenvalue weighted by Crippen LogP contribution is 2.25. The first-order chi connectivity index (χ1) is 14.1. The molecular weight excluding hydrogens is 368 g/mol. The van der Waals surface area contributed by atoms with Crippen molar-refractivity contribution in [3.8, 4) is 22.9 Å². The Morgan fingerprint density at radius 3 is 2.21 bits per heavy atom. The number of benzene rings is 3. The predicted octanol–water partition coefficient (Wildman–Crippen LogP) is 3.65. The molecule has 0 saturated carbocycles. The van der Waals surface area contributed by atoms with Gasteiger partial charge in [0.1, 0.15) is 23.9 Å². The van der Waals surface area contributed by atoms with Crippen molar-refractivity contribution in [3.05, 3.63) is 94.4 Å². The molecule has 4 aromatic rings. The largest absolute Gasteiger partial charge is 0.489 e. The van der Waals surface area contributed by atoms with Gasteiger partial charge < -0.3 is 9.47 Å². The van der Waals surface area contributed by atoms with Crippen LogP contribution in [0, 0.1) is 6.92 Å². The standard InChI is InChI=1S/C22H20N4O3/c1-16-7-6-10-21(26-22(27)25(2)23-24-26)20(16)15-28-17-11-13-19(14-12-17)29-18-8-4-3-5-9-18/h3-14H,15H2,1-2H3. The molecule has 0 saturated heterocycles. The fourth-order valence-corrected chi connectivity index (χ4v) is 2.92. The van der Waals surface area contributed by atoms with Gasteiger partial charge in [0.15, 0.2) is 0 Å². The van der Waals surface area contributed by atoms with E-state index in [4.69, 9.17) is 9.47 Å². The Hall–Kier alpha value is -3.87. The maximum absolute atomic E-state index is 12.2. The van der Waals surface area contributed by atoms with Crippen LogP contribution in [0.4, 0.5) is 0 Å². The third-order valence-electron chi connectivity index (χ3n) is 4.52. The molecule has 0 unspecified atom stereocenters. The molecule has 1 aromatic heterocycles. The summed E-state index contributed by atoms with van der Waals surface area (Å²) >= 11 is 0. The van der Waals surface area contributed by atoms with E-state index in [9.17, 15) is 4.79 Å². The Morgan fingerprint density at radius 1 is 0.828 bits per heavy atom. The van der Waals surface area contributed by atoms with Crippen LogP contribution in [0.15, 0.2) is 77.6 Å². The third kappa shape index (κ3) is 4.03. The van der Waals surface area contributed by atoms with Crippen LogP contribution in [0.2, 0.25) is 0 Å². The SMILES string of the molecule is Cc1cccc(-n2nnn(C)c2=O)c1COc1ccc(Oc2ccccc2)cc1. The summed E-state index contributed by atoms with van der Waals surface area (Å²) in [6.45, 7) is 2.27. The van der Waals surface area contributed by atoms with Crippen molar-refractivity contribution in [3.63, 3.8) is 0 Å². The molecule has 0 aliphatic rings. The second-order valence-corrected chi connectivity index (χ2v) is 6.54. The normalized spacial score (nSPS) is 10.7. The molecule has 3 aromatic carbocycles. The number of rotatable bonds is 6. The highest BCUT2D eigenvalue weighted by atomic mass is 16.5. The zero-order chi connectivity index (χ0) is 20.2. The van der Waals surface area contributed by atoms with Gasteiger partial charge in [0.05, 0.1) is 5.69 Å². The number of para-hydroxylation sites is 1. The Balaban J connectivity index is 1.51. The molecule has 0 amide bonds. The first kappa shape index (κ1) is 18.5. The Labute approximate surface area is 167 Å². The minimum absolute atomic E-state index is 0.296. The number of hydrogen-bond acceptors (Lipinski definition) is 5. The molecule has 0 aliphatic carbocycles. The molecule has 7 heteroatoms. The van der Waals surface area contributed by atoms with E-state index in [0.717, 1.165) is 22.6 Å². The minimum Gasteiger partial charge on any atom is -0.489 e. The summed E-state index contributed by atoms with van der Waals surface area (Å²) < 4.78 is 14.2. The number of aromatic nitrogens is 4. The van der Waals surface area contributed by atoms with E-state index in [2.05, 4.69) is 10.4 Å². The fourth-order valence-electron chi connectivity index (χ4n) is 2.92. The Bertz CT molecular complexity index is 1160. The number of hydrogen-bond donors (Lipinski definition) is 0. The lowest BCUT2D eigenvalue weighted by Crippen LogP contribution is -2.23. The van der Waals surface area contributed by atoms with E-state index in [0.29, 0.717) is 18.0 Å². The van der Waals surface area contributed by atoms with Crippen molar-refractivity contribution in [1.82, 2.24) is 19.8 Å². The predicted molar refractivity (Wildman–Crippen MR) is 109 cm³/mol. The second kappa shape index (κ2) is 8.02. The summed E-state index contributed by atoms with van der Waals surface area (Å²) in [5.74, 6) is 2.21. The van der Waals surface area contributed by atoms with Gasteiger partial charge in [-0.1, -0.05) is 30.3 Å². The van der Waals surface area contributed by atoms with Crippen molar-refractivity contribution < 1.29 is 9.47 Å². The monoisotopic (exact) mass is 388 g/mol. The molecule has 29 heavy (non-hydrogen) atoms. The zero-order valence-electron chi connectivity index (χ0n) is 16.1. The van der Waals surface area contributed by atoms with Crippen LogP contribution >= 0.6 is 0 Å². The summed E-state index contributed by atoms with van der Waals surface area (Å²) in [6, 6.07) is 22.7. The van der Waals surface area contributed by atoms with Crippen LogP contribution in [0.3, 0.4) is 0 Å². The fraction of sp³-hybridized carbons (Fsp3) is 0.136. The van der Waals surface area contributed by atoms with E-state index in [-0.39, 0.29) is 5.69 Å². The van der Waals surface area contributed by atoms with Crippen LogP contribution < -0.4 is 15.2 Å². The minimum atomic E-state index is -0.306. The quantitative estimate of drug-likeness (QED) is 0.504. The zero-order valence-corrected chi connectivity index (χ0v) is 16.1. The molecule has 0 aliphatic heterocycles. The molecule has 146 valence electrons. The number of aryl methyl sites for hydroxylation is 2. The molecule has 0 fully saturated rings. The van der Waals surface area contributed by atoms with E-state index in [1.807, 2.05) is 79.7 Å². The number of nitrogens with zero attached hydrogens (tertiary/aromatic N) is 4. The van der Waals surface area contributed by atoms with E-state index < -0.39 is 0 Å². The molecule has 0 spiro atoms. The summed E-state index contributed by atoms with van der Waals surface area (Å²) in [5, 5.41) is 7.73. The Morgan fingerprint density at radius 2 is 1.52 bits per heavy atom. The molecule has 0 radical (unpaired) electrons. The van der Waals surface area contributed by atoms with E-state index >= 15 is 0 Å². The average molecular weight is 388 g/mol. The number of tetrazole rings is 1. The van der Waals surface area contributed by atoms with Crippen molar-refractivity contribution in [2.45, 2.75) is 13.5 Å². The van der Waals surface area contributed by atoms with Gasteiger partial charge in [-0.3, -0.25) is 0 Å². The van der Waals surface area contributed by atoms with Crippen molar-refractivity contribution >= 4 is 0 Å². The molecule has 1 heterocycles. The highest BCUT2D eigenvalue weighted by Gasteiger charge is 2.13. The van der Waals surface area contributed by atoms with E-state index in [1.165, 1.54) is 9.36 Å². The van der Waals surface area contributed by atoms with Crippen LogP contribution in [-0.2, 0) is 13.7 Å². The van der Waals surface area contributed by atoms with Crippen LogP contribution in [0.25, 0.3) is 5.69 Å². The van der Waals surface area contributed by atoms with Crippen molar-refractivity contribution in [1.29, 1.82) is 0 Å². The third-order valence-corrected chi connectivity index (χ3v) is 4.52. The van der Waals surface area contributed by atoms with Gasteiger partial charge in [-0.15, -0.1) is 0 Å². The average Bonchev–Trinajstić information content (AvgIpc) is 3.07. The molecule has 0 N–H and O–H groups in total. The van der Waals surface area contributed by atoms with Gasteiger partial charge in [-0.25, -0.2) is 4.79 Å². The molecule has 4 rings (SSSR count). The van der Waals surface area contributed by atoms with Crippen molar-refractivity contribution in [2.75, 3.05) is 0 Å². The first-order valence-electron chi connectivity index (χ1n) is 9.15. The van der Waals surface area contributed by atoms with Gasteiger partial charge >= 0.3 is 5.69 Å². The molecule has 0 atom stereocenters. The lowest BCUT2D eigenvalue weighted by atomic mass is 10.1. The summed E-state index contributed by atoms with van der Waals surface area (Å²) in [7, 11) is 1.57. The topological polar surface area (TPSA) is 71.2 Å². The van der Waals surface area contributed by atoms with Crippen LogP contribution in [0.5, 0.6) is 17.2 Å². The van der Waals surface area contributed by atoms with E-state index in [1.54, 1.807) is 7.05 Å². The highest BCUT2D eigenvalue weighted by molar-refractivity contribution is 5.45. The molecular formula is C22H20N4O3. The lowest BCUT2D eigenvalue weighted by molar-refractivity contribution is 0.304. The lowest BCUT2D eigenvalue weighted by Gasteiger charge is -2.13. The van der Waals surface area contributed by atoms with Gasteiger partial charge in [0, 0.05) is 12.6 Å². The maximum Gasteiger partial charge on any atom is 0.368 e. The van der Waals surface area contributed by atoms with Crippen LogP contribution in [0.1, 0.15) is 11.1 Å². The Kier molecular flexibility index (Phi) is 5.11. The van der Waals surface area contributed by atoms with Gasteiger partial charge in [-0.2, -0.15) is 9.36 Å². The van der Waals surface area contributed by atoms with Crippen LogP contribution in [-0.4, -0.2) is 19.8 Å². The summed E-state index contributed by atoms with van der Waals surface area (Å²) in [6.07, 6.45) is 0. The number of ether oxygens (including phenoxy) is 2. The first-order valence-corrected chi connectivity index (χ1v) is 9.15. The van der Waals surface area contributed by atoms with Gasteiger partial charge in [0.25, 0.3) is 0 Å². The molecule has 0 bridgehead atoms. The maximum atomic E-state index is 12.2. The summed E-state index contributed by atoms with van der Waals surface area (Å²) in [4.78, 5) is 12.2. The smallest absolute Gasteiger partial charge is 0.368 e. The van der Waals surface area contributed by atoms with Gasteiger partial charge in [-0.05, 0) is 65.4 Å². The second-order valence-electron chi connectivity index (χ2n) is 6.54. The van der Waals surface area contributed by atoms with Crippen molar-refractivity contribution in [2.24, 2.45) is 7.05 Å². The molecule has 7 nitrogen and oxygen atoms in total. The van der Waals surface area contributed by atoms with Gasteiger partial charge in [0.2, 0.25) is 0 Å². The summed E-state index contributed by atoms with van der Waals surface area (Å²) in [5.41, 5.74) is 2.23.